The first-order chi connectivity index (χ1) is 6.93. The Kier molecular flexibility index (Phi) is 1.63. The normalized spacial score (nSPS) is 10.6. The fourth-order valence-electron chi connectivity index (χ4n) is 1.88. The molecule has 2 aromatic carbocycles. The molecule has 0 atom stereocenters. The van der Waals surface area contributed by atoms with Crippen molar-refractivity contribution >= 4 is 28.4 Å². The van der Waals surface area contributed by atoms with Gasteiger partial charge in [0.05, 0.1) is 0 Å². The Labute approximate surface area is 83.4 Å². The SMILES string of the molecule is b1cccc2cc3ccccc3cc12. The maximum atomic E-state index is 2.24. The summed E-state index contributed by atoms with van der Waals surface area (Å²) >= 11 is 0. The number of benzene rings is 2. The van der Waals surface area contributed by atoms with Gasteiger partial charge in [-0.25, -0.2) is 0 Å². The van der Waals surface area contributed by atoms with E-state index >= 15 is 0 Å². The fourth-order valence-corrected chi connectivity index (χ4v) is 1.88. The quantitative estimate of drug-likeness (QED) is 0.461. The first kappa shape index (κ1) is 7.75. The molecule has 1 aromatic heterocycles. The monoisotopic (exact) mass is 176 g/mol. The summed E-state index contributed by atoms with van der Waals surface area (Å²) in [5.74, 6) is 2.08. The average Bonchev–Trinajstić information content (AvgIpc) is 2.26. The molecule has 3 aromatic rings. The van der Waals surface area contributed by atoms with Crippen LogP contribution in [-0.4, -0.2) is 6.91 Å². The van der Waals surface area contributed by atoms with E-state index in [9.17, 15) is 0 Å². The van der Waals surface area contributed by atoms with Gasteiger partial charge in [-0.1, -0.05) is 0 Å². The molecule has 0 aliphatic carbocycles. The fraction of sp³-hybridized carbons (Fsp3) is 0. The summed E-state index contributed by atoms with van der Waals surface area (Å²) in [5, 5.41) is 5.25. The molecule has 0 amide bonds. The van der Waals surface area contributed by atoms with Crippen LogP contribution >= 0.6 is 0 Å². The zero-order chi connectivity index (χ0) is 9.38. The Morgan fingerprint density at radius 1 is 0.714 bits per heavy atom. The van der Waals surface area contributed by atoms with Crippen molar-refractivity contribution in [2.24, 2.45) is 0 Å². The minimum atomic E-state index is 1.31. The van der Waals surface area contributed by atoms with E-state index in [2.05, 4.69) is 61.4 Å². The van der Waals surface area contributed by atoms with E-state index in [-0.39, 0.29) is 0 Å². The number of hydrogen-bond acceptors (Lipinski definition) is 0. The van der Waals surface area contributed by atoms with Crippen molar-refractivity contribution in [3.63, 3.8) is 0 Å². The topological polar surface area (TPSA) is 0 Å². The molecule has 0 bridgehead atoms. The van der Waals surface area contributed by atoms with E-state index in [4.69, 9.17) is 0 Å². The van der Waals surface area contributed by atoms with Gasteiger partial charge < -0.3 is 0 Å². The molecule has 0 N–H and O–H groups in total. The summed E-state index contributed by atoms with van der Waals surface area (Å²) in [4.78, 5) is 0. The van der Waals surface area contributed by atoms with Crippen LogP contribution in [0, 0.1) is 0 Å². The second-order valence-electron chi connectivity index (χ2n) is 3.55. The molecule has 64 valence electrons. The van der Waals surface area contributed by atoms with Crippen molar-refractivity contribution in [2.75, 3.05) is 0 Å². The molecule has 1 heterocycles. The number of hydrogen-bond donors (Lipinski definition) is 0. The Morgan fingerprint density at radius 2 is 1.43 bits per heavy atom. The number of rotatable bonds is 0. The Bertz CT molecular complexity index is 494. The molecule has 1 heteroatoms. The van der Waals surface area contributed by atoms with Crippen LogP contribution in [0.1, 0.15) is 0 Å². The van der Waals surface area contributed by atoms with Crippen LogP contribution < -0.4 is 0 Å². The zero-order valence-electron chi connectivity index (χ0n) is 7.77. The van der Waals surface area contributed by atoms with Crippen LogP contribution in [0.15, 0.2) is 54.5 Å². The molecule has 0 aliphatic heterocycles. The molecule has 0 radical (unpaired) electrons. The van der Waals surface area contributed by atoms with Gasteiger partial charge in [0.25, 0.3) is 0 Å². The van der Waals surface area contributed by atoms with Crippen LogP contribution in [0.5, 0.6) is 0 Å². The first-order valence-electron chi connectivity index (χ1n) is 4.81. The van der Waals surface area contributed by atoms with Crippen molar-refractivity contribution in [3.8, 4) is 0 Å². The predicted molar refractivity (Wildman–Crippen MR) is 62.8 cm³/mol. The maximum absolute atomic E-state index is 2.24. The van der Waals surface area contributed by atoms with Gasteiger partial charge in [-0.05, 0) is 0 Å². The standard InChI is InChI=1S/C13H9B/c1-2-5-11-9-13-12(6-3-7-14-13)8-10(11)4-1/h1-9H. The van der Waals surface area contributed by atoms with E-state index in [0.29, 0.717) is 0 Å². The van der Waals surface area contributed by atoms with Gasteiger partial charge in [0, 0.05) is 0 Å². The van der Waals surface area contributed by atoms with Gasteiger partial charge in [-0.2, -0.15) is 0 Å². The minimum absolute atomic E-state index is 1.31. The van der Waals surface area contributed by atoms with Gasteiger partial charge in [-0.15, -0.1) is 0 Å². The third kappa shape index (κ3) is 1.13. The van der Waals surface area contributed by atoms with Gasteiger partial charge in [0.15, 0.2) is 0 Å². The van der Waals surface area contributed by atoms with Crippen LogP contribution in [0.25, 0.3) is 21.4 Å². The number of fused-ring (bicyclic) bond motifs is 2. The second-order valence-corrected chi connectivity index (χ2v) is 3.55. The first-order valence-corrected chi connectivity index (χ1v) is 4.81. The Morgan fingerprint density at radius 3 is 2.29 bits per heavy atom. The summed E-state index contributed by atoms with van der Waals surface area (Å²) < 4.78 is 0. The molecule has 14 heavy (non-hydrogen) atoms. The molecule has 0 aliphatic rings. The molecule has 3 rings (SSSR count). The van der Waals surface area contributed by atoms with Gasteiger partial charge in [-0.3, -0.25) is 0 Å². The van der Waals surface area contributed by atoms with Crippen LogP contribution in [0.2, 0.25) is 0 Å². The molecule has 0 nitrogen and oxygen atoms in total. The second kappa shape index (κ2) is 2.95. The third-order valence-electron chi connectivity index (χ3n) is 2.61. The van der Waals surface area contributed by atoms with Gasteiger partial charge in [0.2, 0.25) is 0 Å². The van der Waals surface area contributed by atoms with E-state index in [1.807, 2.05) is 0 Å². The van der Waals surface area contributed by atoms with Crippen LogP contribution in [0.4, 0.5) is 0 Å². The third-order valence-corrected chi connectivity index (χ3v) is 2.61. The molecule has 0 spiro atoms. The van der Waals surface area contributed by atoms with Crippen molar-refractivity contribution in [1.29, 1.82) is 0 Å². The van der Waals surface area contributed by atoms with Crippen molar-refractivity contribution in [1.82, 2.24) is 0 Å². The van der Waals surface area contributed by atoms with E-state index < -0.39 is 0 Å². The van der Waals surface area contributed by atoms with Gasteiger partial charge in [0.1, 0.15) is 0 Å². The summed E-state index contributed by atoms with van der Waals surface area (Å²) in [6, 6.07) is 17.2. The van der Waals surface area contributed by atoms with E-state index in [1.165, 1.54) is 21.4 Å². The molecule has 0 saturated heterocycles. The van der Waals surface area contributed by atoms with Crippen molar-refractivity contribution < 1.29 is 0 Å². The summed E-state index contributed by atoms with van der Waals surface area (Å²) in [7, 11) is 0. The molecular formula is C13H9B. The van der Waals surface area contributed by atoms with Crippen LogP contribution in [-0.2, 0) is 0 Å². The van der Waals surface area contributed by atoms with Crippen molar-refractivity contribution in [3.05, 3.63) is 54.5 Å². The van der Waals surface area contributed by atoms with Gasteiger partial charge >= 0.3 is 82.8 Å². The molecule has 0 unspecified atom stereocenters. The molecule has 0 saturated carbocycles. The molecule has 0 fully saturated rings. The Balaban J connectivity index is 2.52. The van der Waals surface area contributed by atoms with E-state index in [1.54, 1.807) is 0 Å². The summed E-state index contributed by atoms with van der Waals surface area (Å²) in [6.07, 6.45) is 0. The average molecular weight is 176 g/mol. The summed E-state index contributed by atoms with van der Waals surface area (Å²) in [6.45, 7) is 2.15. The van der Waals surface area contributed by atoms with E-state index in [0.717, 1.165) is 0 Å². The summed E-state index contributed by atoms with van der Waals surface area (Å²) in [5.41, 5.74) is 0. The molecular weight excluding hydrogens is 167 g/mol. The van der Waals surface area contributed by atoms with Crippen molar-refractivity contribution in [2.45, 2.75) is 0 Å². The zero-order valence-corrected chi connectivity index (χ0v) is 7.77. The Hall–Kier alpha value is -1.63. The predicted octanol–water partition coefficient (Wildman–Crippen LogP) is 3.33. The van der Waals surface area contributed by atoms with Crippen LogP contribution in [0.3, 0.4) is 0 Å².